The van der Waals surface area contributed by atoms with Crippen molar-refractivity contribution >= 4 is 38.6 Å². The van der Waals surface area contributed by atoms with E-state index in [0.717, 1.165) is 26.6 Å². The summed E-state index contributed by atoms with van der Waals surface area (Å²) in [7, 11) is 0. The maximum atomic E-state index is 12.6. The van der Waals surface area contributed by atoms with Crippen LogP contribution in [0.4, 0.5) is 0 Å². The fourth-order valence-corrected chi connectivity index (χ4v) is 3.06. The van der Waals surface area contributed by atoms with Crippen molar-refractivity contribution in [1.82, 2.24) is 20.6 Å². The van der Waals surface area contributed by atoms with E-state index in [-0.39, 0.29) is 24.8 Å². The molecule has 0 fully saturated rings. The molecule has 3 aromatic rings. The van der Waals surface area contributed by atoms with E-state index in [1.807, 2.05) is 37.3 Å². The van der Waals surface area contributed by atoms with E-state index in [9.17, 15) is 9.59 Å². The molecule has 2 aromatic heterocycles. The smallest absolute Gasteiger partial charge is 0.252 e. The Morgan fingerprint density at radius 1 is 1.15 bits per heavy atom. The van der Waals surface area contributed by atoms with Gasteiger partial charge in [0.1, 0.15) is 0 Å². The van der Waals surface area contributed by atoms with Gasteiger partial charge in [0.05, 0.1) is 11.1 Å². The van der Waals surface area contributed by atoms with Gasteiger partial charge >= 0.3 is 0 Å². The Labute approximate surface area is 165 Å². The van der Waals surface area contributed by atoms with Crippen molar-refractivity contribution in [2.75, 3.05) is 6.54 Å². The molecule has 2 heterocycles. The molecule has 0 aliphatic heterocycles. The van der Waals surface area contributed by atoms with Crippen molar-refractivity contribution in [3.63, 3.8) is 0 Å². The van der Waals surface area contributed by atoms with Gasteiger partial charge in [0.15, 0.2) is 0 Å². The highest BCUT2D eigenvalue weighted by Crippen LogP contribution is 2.22. The molecule has 1 aromatic carbocycles. The average Bonchev–Trinajstić information content (AvgIpc) is 2.67. The lowest BCUT2D eigenvalue weighted by Crippen LogP contribution is -2.30. The fourth-order valence-electron chi connectivity index (χ4n) is 2.69. The molecule has 0 spiro atoms. The minimum Gasteiger partial charge on any atom is -0.352 e. The normalized spacial score (nSPS) is 10.6. The van der Waals surface area contributed by atoms with Crippen LogP contribution < -0.4 is 10.6 Å². The maximum Gasteiger partial charge on any atom is 0.252 e. The van der Waals surface area contributed by atoms with E-state index in [1.165, 1.54) is 0 Å². The zero-order valence-electron chi connectivity index (χ0n) is 14.8. The molecular formula is C20H19BrN4O2. The molecule has 0 unspecified atom stereocenters. The molecule has 0 saturated heterocycles. The molecule has 2 N–H and O–H groups in total. The summed E-state index contributed by atoms with van der Waals surface area (Å²) < 4.78 is 0.879. The zero-order chi connectivity index (χ0) is 19.2. The summed E-state index contributed by atoms with van der Waals surface area (Å²) in [5.74, 6) is -0.346. The number of fused-ring (bicyclic) bond motifs is 1. The number of hydrogen-bond acceptors (Lipinski definition) is 4. The summed E-state index contributed by atoms with van der Waals surface area (Å²) in [5, 5.41) is 6.40. The molecule has 0 saturated carbocycles. The quantitative estimate of drug-likeness (QED) is 0.633. The minimum absolute atomic E-state index is 0.127. The molecule has 2 amide bonds. The second kappa shape index (κ2) is 8.73. The third-order valence-electron chi connectivity index (χ3n) is 3.99. The van der Waals surface area contributed by atoms with Gasteiger partial charge in [-0.1, -0.05) is 22.0 Å². The first-order valence-electron chi connectivity index (χ1n) is 8.53. The van der Waals surface area contributed by atoms with E-state index >= 15 is 0 Å². The molecule has 138 valence electrons. The predicted molar refractivity (Wildman–Crippen MR) is 107 cm³/mol. The summed E-state index contributed by atoms with van der Waals surface area (Å²) in [5.41, 5.74) is 3.01. The highest BCUT2D eigenvalue weighted by molar-refractivity contribution is 9.10. The first-order chi connectivity index (χ1) is 13.0. The van der Waals surface area contributed by atoms with Crippen LogP contribution in [-0.4, -0.2) is 28.3 Å². The number of aromatic nitrogens is 2. The van der Waals surface area contributed by atoms with Crippen molar-refractivity contribution in [2.24, 2.45) is 0 Å². The van der Waals surface area contributed by atoms with E-state index in [0.29, 0.717) is 12.1 Å². The van der Waals surface area contributed by atoms with Crippen LogP contribution in [-0.2, 0) is 11.3 Å². The standard InChI is InChI=1S/C20H19BrN4O2/c1-13-9-17(16-10-15(21)4-5-18(16)25-13)20(27)23-8-6-19(26)24-12-14-3-2-7-22-11-14/h2-5,7,9-11H,6,8,12H2,1H3,(H,23,27)(H,24,26). The van der Waals surface area contributed by atoms with Gasteiger partial charge in [-0.2, -0.15) is 0 Å². The Balaban J connectivity index is 1.57. The van der Waals surface area contributed by atoms with Crippen molar-refractivity contribution in [3.05, 3.63) is 70.1 Å². The molecule has 7 heteroatoms. The van der Waals surface area contributed by atoms with Gasteiger partial charge in [-0.05, 0) is 42.8 Å². The minimum atomic E-state index is -0.219. The summed E-state index contributed by atoms with van der Waals surface area (Å²) in [6.07, 6.45) is 3.60. The molecule has 3 rings (SSSR count). The number of nitrogens with zero attached hydrogens (tertiary/aromatic N) is 2. The van der Waals surface area contributed by atoms with E-state index < -0.39 is 0 Å². The van der Waals surface area contributed by atoms with Crippen molar-refractivity contribution in [1.29, 1.82) is 0 Å². The topological polar surface area (TPSA) is 84.0 Å². The highest BCUT2D eigenvalue weighted by Gasteiger charge is 2.13. The van der Waals surface area contributed by atoms with Crippen molar-refractivity contribution in [2.45, 2.75) is 19.9 Å². The number of nitrogens with one attached hydrogen (secondary N) is 2. The molecule has 0 atom stereocenters. The second-order valence-electron chi connectivity index (χ2n) is 6.12. The zero-order valence-corrected chi connectivity index (χ0v) is 16.4. The van der Waals surface area contributed by atoms with Crippen LogP contribution in [0.3, 0.4) is 0 Å². The van der Waals surface area contributed by atoms with Gasteiger partial charge in [-0.15, -0.1) is 0 Å². The number of halogens is 1. The summed E-state index contributed by atoms with van der Waals surface area (Å²) in [4.78, 5) is 33.0. The molecule has 27 heavy (non-hydrogen) atoms. The number of rotatable bonds is 6. The number of hydrogen-bond donors (Lipinski definition) is 2. The highest BCUT2D eigenvalue weighted by atomic mass is 79.9. The van der Waals surface area contributed by atoms with Gasteiger partial charge in [0.2, 0.25) is 5.91 Å². The summed E-state index contributed by atoms with van der Waals surface area (Å²) in [6, 6.07) is 11.1. The van der Waals surface area contributed by atoms with Crippen LogP contribution in [0.2, 0.25) is 0 Å². The van der Waals surface area contributed by atoms with E-state index in [1.54, 1.807) is 18.5 Å². The van der Waals surface area contributed by atoms with Crippen LogP contribution in [0, 0.1) is 6.92 Å². The number of amides is 2. The third kappa shape index (κ3) is 5.10. The number of carbonyl (C=O) groups excluding carboxylic acids is 2. The average molecular weight is 427 g/mol. The van der Waals surface area contributed by atoms with Crippen molar-refractivity contribution in [3.8, 4) is 0 Å². The Bertz CT molecular complexity index is 976. The number of benzene rings is 1. The Hall–Kier alpha value is -2.80. The first-order valence-corrected chi connectivity index (χ1v) is 9.33. The monoisotopic (exact) mass is 426 g/mol. The third-order valence-corrected chi connectivity index (χ3v) is 4.49. The molecule has 0 bridgehead atoms. The predicted octanol–water partition coefficient (Wildman–Crippen LogP) is 3.14. The SMILES string of the molecule is Cc1cc(C(=O)NCCC(=O)NCc2cccnc2)c2cc(Br)ccc2n1. The van der Waals surface area contributed by atoms with E-state index in [4.69, 9.17) is 0 Å². The van der Waals surface area contributed by atoms with Crippen molar-refractivity contribution < 1.29 is 9.59 Å². The molecule has 0 radical (unpaired) electrons. The fraction of sp³-hybridized carbons (Fsp3) is 0.200. The number of aryl methyl sites for hydroxylation is 1. The summed E-state index contributed by atoms with van der Waals surface area (Å²) in [6.45, 7) is 2.53. The van der Waals surface area contributed by atoms with Gasteiger partial charge in [-0.3, -0.25) is 19.6 Å². The van der Waals surface area contributed by atoms with Crippen LogP contribution in [0.5, 0.6) is 0 Å². The van der Waals surface area contributed by atoms with E-state index in [2.05, 4.69) is 36.5 Å². The lowest BCUT2D eigenvalue weighted by atomic mass is 10.1. The summed E-state index contributed by atoms with van der Waals surface area (Å²) >= 11 is 3.43. The lowest BCUT2D eigenvalue weighted by molar-refractivity contribution is -0.121. The molecule has 0 aliphatic rings. The molecular weight excluding hydrogens is 408 g/mol. The van der Waals surface area contributed by atoms with Crippen LogP contribution >= 0.6 is 15.9 Å². The molecule has 6 nitrogen and oxygen atoms in total. The largest absolute Gasteiger partial charge is 0.352 e. The Morgan fingerprint density at radius 2 is 2.00 bits per heavy atom. The number of pyridine rings is 2. The second-order valence-corrected chi connectivity index (χ2v) is 7.03. The van der Waals surface area contributed by atoms with Crippen LogP contribution in [0.15, 0.2) is 53.3 Å². The van der Waals surface area contributed by atoms with Gasteiger partial charge in [0, 0.05) is 47.5 Å². The number of carbonyl (C=O) groups is 2. The Morgan fingerprint density at radius 3 is 2.78 bits per heavy atom. The van der Waals surface area contributed by atoms with Gasteiger partial charge in [0.25, 0.3) is 5.91 Å². The van der Waals surface area contributed by atoms with Gasteiger partial charge in [-0.25, -0.2) is 0 Å². The van der Waals surface area contributed by atoms with Crippen LogP contribution in [0.25, 0.3) is 10.9 Å². The lowest BCUT2D eigenvalue weighted by Gasteiger charge is -2.10. The maximum absolute atomic E-state index is 12.6. The first kappa shape index (κ1) is 19.0. The van der Waals surface area contributed by atoms with Gasteiger partial charge < -0.3 is 10.6 Å². The molecule has 0 aliphatic carbocycles. The van der Waals surface area contributed by atoms with Crippen LogP contribution in [0.1, 0.15) is 28.0 Å². The Kier molecular flexibility index (Phi) is 6.13.